The molecule has 0 bridgehead atoms. The van der Waals surface area contributed by atoms with E-state index in [1.54, 1.807) is 7.11 Å². The van der Waals surface area contributed by atoms with E-state index in [1.165, 1.54) is 6.26 Å². The van der Waals surface area contributed by atoms with Crippen LogP contribution >= 0.6 is 0 Å². The number of nitrogens with two attached hydrogens (primary N) is 1. The molecule has 108 valence electrons. The highest BCUT2D eigenvalue weighted by molar-refractivity contribution is 7.90. The molecule has 8 heteroatoms. The topological polar surface area (TPSA) is 108 Å². The highest BCUT2D eigenvalue weighted by Gasteiger charge is 2.36. The molecular weight excluding hydrogens is 270 g/mol. The lowest BCUT2D eigenvalue weighted by Gasteiger charge is -2.08. The molecule has 0 radical (unpaired) electrons. The zero-order valence-corrected chi connectivity index (χ0v) is 11.9. The van der Waals surface area contributed by atoms with E-state index >= 15 is 0 Å². The maximum Gasteiger partial charge on any atom is 0.243 e. The van der Waals surface area contributed by atoms with Crippen molar-refractivity contribution < 1.29 is 17.7 Å². The summed E-state index contributed by atoms with van der Waals surface area (Å²) in [5, 5.41) is 3.87. The predicted octanol–water partition coefficient (Wildman–Crippen LogP) is 0.602. The molecule has 2 rings (SSSR count). The molecule has 7 nitrogen and oxygen atoms in total. The fourth-order valence-electron chi connectivity index (χ4n) is 1.89. The lowest BCUT2D eigenvalue weighted by molar-refractivity contribution is 0.0751. The first-order valence-electron chi connectivity index (χ1n) is 6.20. The first-order valence-corrected chi connectivity index (χ1v) is 8.26. The van der Waals surface area contributed by atoms with Gasteiger partial charge in [-0.25, -0.2) is 8.42 Å². The molecule has 2 N–H and O–H groups in total. The summed E-state index contributed by atoms with van der Waals surface area (Å²) in [6.45, 7) is 0. The van der Waals surface area contributed by atoms with Crippen LogP contribution in [0.4, 0.5) is 0 Å². The number of methoxy groups -OCH3 is 1. The van der Waals surface area contributed by atoms with Gasteiger partial charge in [-0.05, 0) is 25.2 Å². The van der Waals surface area contributed by atoms with E-state index in [2.05, 4.69) is 10.1 Å². The predicted molar refractivity (Wildman–Crippen MR) is 68.0 cm³/mol. The Morgan fingerprint density at radius 2 is 2.21 bits per heavy atom. The maximum absolute atomic E-state index is 11.1. The molecule has 0 saturated heterocycles. The second kappa shape index (κ2) is 5.56. The average Bonchev–Trinajstić information content (AvgIpc) is 3.03. The molecule has 19 heavy (non-hydrogen) atoms. The summed E-state index contributed by atoms with van der Waals surface area (Å²) >= 11 is 0. The first kappa shape index (κ1) is 14.4. The highest BCUT2D eigenvalue weighted by atomic mass is 32.2. The molecule has 0 amide bonds. The van der Waals surface area contributed by atoms with E-state index in [0.717, 1.165) is 12.8 Å². The molecule has 0 aromatic carbocycles. The van der Waals surface area contributed by atoms with Gasteiger partial charge in [-0.2, -0.15) is 4.98 Å². The molecular formula is C11H19N3O4S. The number of sulfone groups is 1. The minimum Gasteiger partial charge on any atom is -0.373 e. The molecule has 1 aromatic rings. The summed E-state index contributed by atoms with van der Waals surface area (Å²) in [6.07, 6.45) is 3.49. The lowest BCUT2D eigenvalue weighted by atomic mass is 10.2. The summed E-state index contributed by atoms with van der Waals surface area (Å²) < 4.78 is 32.6. The molecule has 1 aromatic heterocycles. The van der Waals surface area contributed by atoms with Crippen LogP contribution in [0.3, 0.4) is 0 Å². The molecule has 0 aliphatic heterocycles. The van der Waals surface area contributed by atoms with Gasteiger partial charge in [0.05, 0.1) is 11.8 Å². The Labute approximate surface area is 112 Å². The molecule has 1 fully saturated rings. The standard InChI is InChI=1S/C11H19N3O4S/c1-17-9(7-3-4-7)10-13-11(18-14-10)8(12)5-6-19(2,15)16/h7-9H,3-6,12H2,1-2H3. The van der Waals surface area contributed by atoms with E-state index in [0.29, 0.717) is 11.7 Å². The number of rotatable bonds is 7. The summed E-state index contributed by atoms with van der Waals surface area (Å²) in [6, 6.07) is -0.562. The van der Waals surface area contributed by atoms with Crippen LogP contribution in [0.2, 0.25) is 0 Å². The van der Waals surface area contributed by atoms with Crippen LogP contribution in [-0.4, -0.2) is 37.7 Å². The number of nitrogens with zero attached hydrogens (tertiary/aromatic N) is 2. The van der Waals surface area contributed by atoms with Gasteiger partial charge in [-0.15, -0.1) is 0 Å². The Hall–Kier alpha value is -0.990. The lowest BCUT2D eigenvalue weighted by Crippen LogP contribution is -2.16. The second-order valence-corrected chi connectivity index (χ2v) is 7.27. The number of aromatic nitrogens is 2. The maximum atomic E-state index is 11.1. The molecule has 2 atom stereocenters. The molecule has 1 saturated carbocycles. The van der Waals surface area contributed by atoms with E-state index < -0.39 is 15.9 Å². The van der Waals surface area contributed by atoms with E-state index in [-0.39, 0.29) is 24.2 Å². The van der Waals surface area contributed by atoms with Crippen molar-refractivity contribution in [1.29, 1.82) is 0 Å². The van der Waals surface area contributed by atoms with Gasteiger partial charge in [0.1, 0.15) is 15.9 Å². The molecule has 1 heterocycles. The first-order chi connectivity index (χ1) is 8.90. The average molecular weight is 289 g/mol. The van der Waals surface area contributed by atoms with Gasteiger partial charge in [0.2, 0.25) is 11.7 Å². The second-order valence-electron chi connectivity index (χ2n) is 5.01. The number of ether oxygens (including phenoxy) is 1. The van der Waals surface area contributed by atoms with Crippen molar-refractivity contribution in [2.75, 3.05) is 19.1 Å². The molecule has 2 unspecified atom stereocenters. The Balaban J connectivity index is 1.99. The minimum absolute atomic E-state index is 0.00219. The smallest absolute Gasteiger partial charge is 0.243 e. The summed E-state index contributed by atoms with van der Waals surface area (Å²) in [5.74, 6) is 1.21. The monoisotopic (exact) mass is 289 g/mol. The third kappa shape index (κ3) is 3.99. The zero-order chi connectivity index (χ0) is 14.0. The van der Waals surface area contributed by atoms with Crippen LogP contribution in [0.25, 0.3) is 0 Å². The zero-order valence-electron chi connectivity index (χ0n) is 11.1. The summed E-state index contributed by atoms with van der Waals surface area (Å²) in [7, 11) is -1.43. The van der Waals surface area contributed by atoms with Gasteiger partial charge in [-0.3, -0.25) is 0 Å². The third-order valence-electron chi connectivity index (χ3n) is 3.13. The van der Waals surface area contributed by atoms with Crippen LogP contribution in [-0.2, 0) is 14.6 Å². The summed E-state index contributed by atoms with van der Waals surface area (Å²) in [4.78, 5) is 4.22. The molecule has 0 spiro atoms. The third-order valence-corrected chi connectivity index (χ3v) is 4.11. The number of hydrogen-bond acceptors (Lipinski definition) is 7. The van der Waals surface area contributed by atoms with Crippen LogP contribution < -0.4 is 5.73 Å². The van der Waals surface area contributed by atoms with Crippen LogP contribution in [0, 0.1) is 5.92 Å². The molecule has 1 aliphatic carbocycles. The van der Waals surface area contributed by atoms with Gasteiger partial charge in [0, 0.05) is 13.4 Å². The Bertz CT molecular complexity index is 524. The van der Waals surface area contributed by atoms with Crippen molar-refractivity contribution in [3.8, 4) is 0 Å². The SMILES string of the molecule is COC(c1noc(C(N)CCS(C)(=O)=O)n1)C1CC1. The van der Waals surface area contributed by atoms with Crippen molar-refractivity contribution in [3.05, 3.63) is 11.7 Å². The van der Waals surface area contributed by atoms with Crippen LogP contribution in [0.1, 0.15) is 43.1 Å². The van der Waals surface area contributed by atoms with Crippen molar-refractivity contribution in [2.24, 2.45) is 11.7 Å². The van der Waals surface area contributed by atoms with Crippen LogP contribution in [0.5, 0.6) is 0 Å². The highest BCUT2D eigenvalue weighted by Crippen LogP contribution is 2.42. The normalized spacial score (nSPS) is 19.3. The largest absolute Gasteiger partial charge is 0.373 e. The fraction of sp³-hybridized carbons (Fsp3) is 0.818. The van der Waals surface area contributed by atoms with E-state index in [9.17, 15) is 8.42 Å². The van der Waals surface area contributed by atoms with Crippen molar-refractivity contribution >= 4 is 9.84 Å². The fourth-order valence-corrected chi connectivity index (χ4v) is 2.57. The van der Waals surface area contributed by atoms with E-state index in [4.69, 9.17) is 15.0 Å². The van der Waals surface area contributed by atoms with Crippen molar-refractivity contribution in [3.63, 3.8) is 0 Å². The Morgan fingerprint density at radius 3 is 2.74 bits per heavy atom. The van der Waals surface area contributed by atoms with Crippen LogP contribution in [0.15, 0.2) is 4.52 Å². The minimum atomic E-state index is -3.04. The van der Waals surface area contributed by atoms with Gasteiger partial charge in [0.25, 0.3) is 0 Å². The van der Waals surface area contributed by atoms with Crippen molar-refractivity contribution in [2.45, 2.75) is 31.4 Å². The van der Waals surface area contributed by atoms with Gasteiger partial charge >= 0.3 is 0 Å². The van der Waals surface area contributed by atoms with Gasteiger partial charge in [-0.1, -0.05) is 5.16 Å². The quantitative estimate of drug-likeness (QED) is 0.783. The number of hydrogen-bond donors (Lipinski definition) is 1. The van der Waals surface area contributed by atoms with Crippen molar-refractivity contribution in [1.82, 2.24) is 10.1 Å². The van der Waals surface area contributed by atoms with E-state index in [1.807, 2.05) is 0 Å². The Morgan fingerprint density at radius 1 is 1.53 bits per heavy atom. The summed E-state index contributed by atoms with van der Waals surface area (Å²) in [5.41, 5.74) is 5.85. The molecule has 1 aliphatic rings. The Kier molecular flexibility index (Phi) is 4.22. The van der Waals surface area contributed by atoms with Gasteiger partial charge < -0.3 is 15.0 Å². The van der Waals surface area contributed by atoms with Gasteiger partial charge in [0.15, 0.2) is 0 Å².